The van der Waals surface area contributed by atoms with Crippen molar-refractivity contribution in [1.82, 2.24) is 10.2 Å². The maximum atomic E-state index is 13.2. The van der Waals surface area contributed by atoms with Gasteiger partial charge in [-0.15, -0.1) is 0 Å². The van der Waals surface area contributed by atoms with Crippen LogP contribution >= 0.6 is 0 Å². The van der Waals surface area contributed by atoms with Crippen molar-refractivity contribution in [1.29, 1.82) is 0 Å². The van der Waals surface area contributed by atoms with Gasteiger partial charge in [-0.1, -0.05) is 12.1 Å². The highest BCUT2D eigenvalue weighted by atomic mass is 19.1. The number of hydrogen-bond acceptors (Lipinski definition) is 3. The zero-order valence-corrected chi connectivity index (χ0v) is 13.8. The summed E-state index contributed by atoms with van der Waals surface area (Å²) in [6, 6.07) is 5.66. The van der Waals surface area contributed by atoms with Crippen molar-refractivity contribution in [2.75, 3.05) is 20.2 Å². The van der Waals surface area contributed by atoms with Crippen LogP contribution in [0.1, 0.15) is 37.3 Å². The molecular formula is C18H23FN2O3. The van der Waals surface area contributed by atoms with Gasteiger partial charge in [-0.25, -0.2) is 4.39 Å². The number of nitrogens with one attached hydrogen (secondary N) is 1. The van der Waals surface area contributed by atoms with Gasteiger partial charge in [-0.05, 0) is 37.0 Å². The largest absolute Gasteiger partial charge is 0.376 e. The molecule has 2 aliphatic rings. The maximum absolute atomic E-state index is 13.2. The molecule has 1 aromatic rings. The lowest BCUT2D eigenvalue weighted by atomic mass is 9.84. The Balaban J connectivity index is 1.74. The van der Waals surface area contributed by atoms with Crippen molar-refractivity contribution >= 4 is 11.8 Å². The number of amides is 2. The van der Waals surface area contributed by atoms with Crippen molar-refractivity contribution in [2.24, 2.45) is 5.92 Å². The summed E-state index contributed by atoms with van der Waals surface area (Å²) >= 11 is 0. The molecule has 2 aliphatic heterocycles. The SMILES string of the molecule is CN1C(=O)CC[C@H](C(=O)NC[C@@H]2CCCO2)[C@@H]1c1ccc(F)cc1. The van der Waals surface area contributed by atoms with Crippen molar-refractivity contribution in [3.05, 3.63) is 35.6 Å². The summed E-state index contributed by atoms with van der Waals surface area (Å²) in [6.45, 7) is 1.25. The number of nitrogens with zero attached hydrogens (tertiary/aromatic N) is 1. The number of piperidine rings is 1. The molecule has 2 fully saturated rings. The number of halogens is 1. The van der Waals surface area contributed by atoms with Gasteiger partial charge in [-0.3, -0.25) is 9.59 Å². The van der Waals surface area contributed by atoms with Gasteiger partial charge in [0.1, 0.15) is 5.82 Å². The number of likely N-dealkylation sites (tertiary alicyclic amines) is 1. The second-order valence-corrected chi connectivity index (χ2v) is 6.53. The van der Waals surface area contributed by atoms with E-state index in [1.54, 1.807) is 24.1 Å². The number of carbonyl (C=O) groups is 2. The second kappa shape index (κ2) is 7.30. The molecule has 0 saturated carbocycles. The molecule has 0 unspecified atom stereocenters. The van der Waals surface area contributed by atoms with Gasteiger partial charge in [0.15, 0.2) is 0 Å². The van der Waals surface area contributed by atoms with Crippen LogP contribution in [-0.2, 0) is 14.3 Å². The van der Waals surface area contributed by atoms with E-state index in [0.717, 1.165) is 25.0 Å². The van der Waals surface area contributed by atoms with E-state index >= 15 is 0 Å². The number of ether oxygens (including phenoxy) is 1. The molecule has 2 saturated heterocycles. The van der Waals surface area contributed by atoms with E-state index in [-0.39, 0.29) is 35.7 Å². The first-order valence-electron chi connectivity index (χ1n) is 8.46. The molecule has 1 N–H and O–H groups in total. The molecule has 3 rings (SSSR count). The summed E-state index contributed by atoms with van der Waals surface area (Å²) < 4.78 is 18.7. The first-order valence-corrected chi connectivity index (χ1v) is 8.46. The summed E-state index contributed by atoms with van der Waals surface area (Å²) in [6.07, 6.45) is 2.93. The third-order valence-corrected chi connectivity index (χ3v) is 4.94. The van der Waals surface area contributed by atoms with Crippen LogP contribution in [0.5, 0.6) is 0 Å². The Labute approximate surface area is 141 Å². The van der Waals surface area contributed by atoms with Crippen LogP contribution in [-0.4, -0.2) is 43.0 Å². The van der Waals surface area contributed by atoms with Crippen molar-refractivity contribution in [3.63, 3.8) is 0 Å². The minimum Gasteiger partial charge on any atom is -0.376 e. The van der Waals surface area contributed by atoms with Crippen molar-refractivity contribution in [2.45, 2.75) is 37.8 Å². The van der Waals surface area contributed by atoms with Crippen LogP contribution in [0.25, 0.3) is 0 Å². The molecule has 2 amide bonds. The molecule has 0 aliphatic carbocycles. The van der Waals surface area contributed by atoms with Gasteiger partial charge < -0.3 is 15.0 Å². The minimum absolute atomic E-state index is 0.00695. The fourth-order valence-corrected chi connectivity index (χ4v) is 3.58. The Bertz CT molecular complexity index is 599. The van der Waals surface area contributed by atoms with E-state index in [2.05, 4.69) is 5.32 Å². The highest BCUT2D eigenvalue weighted by Gasteiger charge is 2.38. The fourth-order valence-electron chi connectivity index (χ4n) is 3.58. The minimum atomic E-state index is -0.364. The molecule has 1 aromatic carbocycles. The molecule has 0 bridgehead atoms. The highest BCUT2D eigenvalue weighted by Crippen LogP contribution is 2.36. The monoisotopic (exact) mass is 334 g/mol. The van der Waals surface area contributed by atoms with Crippen LogP contribution < -0.4 is 5.32 Å². The van der Waals surface area contributed by atoms with Gasteiger partial charge >= 0.3 is 0 Å². The first-order chi connectivity index (χ1) is 11.6. The summed E-state index contributed by atoms with van der Waals surface area (Å²) in [5.74, 6) is -0.728. The van der Waals surface area contributed by atoms with Gasteiger partial charge in [0.2, 0.25) is 11.8 Å². The molecule has 3 atom stereocenters. The Morgan fingerprint density at radius 3 is 2.75 bits per heavy atom. The molecule has 0 radical (unpaired) electrons. The van der Waals surface area contributed by atoms with E-state index in [1.165, 1.54) is 12.1 Å². The van der Waals surface area contributed by atoms with Gasteiger partial charge in [-0.2, -0.15) is 0 Å². The summed E-state index contributed by atoms with van der Waals surface area (Å²) in [5.41, 5.74) is 0.782. The second-order valence-electron chi connectivity index (χ2n) is 6.53. The predicted molar refractivity (Wildman–Crippen MR) is 86.6 cm³/mol. The topological polar surface area (TPSA) is 58.6 Å². The van der Waals surface area contributed by atoms with Crippen molar-refractivity contribution < 1.29 is 18.7 Å². The Hall–Kier alpha value is -1.95. The smallest absolute Gasteiger partial charge is 0.225 e. The Morgan fingerprint density at radius 2 is 2.08 bits per heavy atom. The van der Waals surface area contributed by atoms with Crippen molar-refractivity contribution in [3.8, 4) is 0 Å². The molecule has 24 heavy (non-hydrogen) atoms. The lowest BCUT2D eigenvalue weighted by molar-refractivity contribution is -0.141. The summed E-state index contributed by atoms with van der Waals surface area (Å²) in [7, 11) is 1.70. The lowest BCUT2D eigenvalue weighted by Gasteiger charge is -2.38. The van der Waals surface area contributed by atoms with E-state index in [1.807, 2.05) is 0 Å². The van der Waals surface area contributed by atoms with Crippen LogP contribution in [0.15, 0.2) is 24.3 Å². The molecule has 0 spiro atoms. The number of hydrogen-bond donors (Lipinski definition) is 1. The molecule has 5 nitrogen and oxygen atoms in total. The normalized spacial score (nSPS) is 27.3. The zero-order chi connectivity index (χ0) is 17.1. The third kappa shape index (κ3) is 3.59. The van der Waals surface area contributed by atoms with E-state index < -0.39 is 0 Å². The predicted octanol–water partition coefficient (Wildman–Crippen LogP) is 2.03. The summed E-state index contributed by atoms with van der Waals surface area (Å²) in [4.78, 5) is 26.4. The standard InChI is InChI=1S/C18H23FN2O3/c1-21-16(22)9-8-15(17(21)12-4-6-13(19)7-5-12)18(23)20-11-14-3-2-10-24-14/h4-7,14-15,17H,2-3,8-11H2,1H3,(H,20,23)/t14-,15-,17-/m0/s1. The van der Waals surface area contributed by atoms with Crippen LogP contribution in [0.2, 0.25) is 0 Å². The Morgan fingerprint density at radius 1 is 1.33 bits per heavy atom. The number of benzene rings is 1. The first kappa shape index (κ1) is 16.9. The van der Waals surface area contributed by atoms with Gasteiger partial charge in [0, 0.05) is 26.6 Å². The number of carbonyl (C=O) groups excluding carboxylic acids is 2. The third-order valence-electron chi connectivity index (χ3n) is 4.94. The zero-order valence-electron chi connectivity index (χ0n) is 13.8. The van der Waals surface area contributed by atoms with E-state index in [0.29, 0.717) is 19.4 Å². The maximum Gasteiger partial charge on any atom is 0.225 e. The number of rotatable bonds is 4. The van der Waals surface area contributed by atoms with Crippen LogP contribution in [0, 0.1) is 11.7 Å². The van der Waals surface area contributed by atoms with Crippen LogP contribution in [0.3, 0.4) is 0 Å². The molecular weight excluding hydrogens is 311 g/mol. The Kier molecular flexibility index (Phi) is 5.14. The molecule has 2 heterocycles. The fraction of sp³-hybridized carbons (Fsp3) is 0.556. The lowest BCUT2D eigenvalue weighted by Crippen LogP contribution is -2.47. The molecule has 6 heteroatoms. The highest BCUT2D eigenvalue weighted by molar-refractivity contribution is 5.84. The van der Waals surface area contributed by atoms with Crippen LogP contribution in [0.4, 0.5) is 4.39 Å². The average Bonchev–Trinajstić information content (AvgIpc) is 3.09. The average molecular weight is 334 g/mol. The molecule has 130 valence electrons. The van der Waals surface area contributed by atoms with E-state index in [9.17, 15) is 14.0 Å². The van der Waals surface area contributed by atoms with Gasteiger partial charge in [0.25, 0.3) is 0 Å². The molecule has 0 aromatic heterocycles. The van der Waals surface area contributed by atoms with Gasteiger partial charge in [0.05, 0.1) is 18.1 Å². The van der Waals surface area contributed by atoms with E-state index in [4.69, 9.17) is 4.74 Å². The quantitative estimate of drug-likeness (QED) is 0.917. The summed E-state index contributed by atoms with van der Waals surface area (Å²) in [5, 5.41) is 2.96.